The molecule has 0 saturated carbocycles. The van der Waals surface area contributed by atoms with E-state index < -0.39 is 0 Å². The average molecular weight is 272 g/mol. The van der Waals surface area contributed by atoms with Crippen LogP contribution in [0.3, 0.4) is 0 Å². The fourth-order valence-corrected chi connectivity index (χ4v) is 2.37. The molecule has 4 heteroatoms. The smallest absolute Gasteiger partial charge is 0.214 e. The van der Waals surface area contributed by atoms with Crippen LogP contribution in [0, 0.1) is 13.8 Å². The number of carbonyl (C=O) groups is 1. The van der Waals surface area contributed by atoms with Crippen LogP contribution in [-0.4, -0.2) is 22.7 Å². The third kappa shape index (κ3) is 2.74. The minimum absolute atomic E-state index is 0.0420. The summed E-state index contributed by atoms with van der Waals surface area (Å²) in [5.74, 6) is 0.488. The first-order valence-corrected chi connectivity index (χ1v) is 6.79. The Balaban J connectivity index is 2.49. The summed E-state index contributed by atoms with van der Waals surface area (Å²) in [4.78, 5) is 12.7. The monoisotopic (exact) mass is 272 g/mol. The summed E-state index contributed by atoms with van der Waals surface area (Å²) < 4.78 is 6.99. The molecule has 0 radical (unpaired) electrons. The van der Waals surface area contributed by atoms with Crippen LogP contribution in [-0.2, 0) is 6.54 Å². The molecule has 0 aliphatic heterocycles. The van der Waals surface area contributed by atoms with Crippen molar-refractivity contribution in [3.63, 3.8) is 0 Å². The quantitative estimate of drug-likeness (QED) is 0.785. The summed E-state index contributed by atoms with van der Waals surface area (Å²) in [6.45, 7) is 6.74. The highest BCUT2D eigenvalue weighted by atomic mass is 16.5. The van der Waals surface area contributed by atoms with Gasteiger partial charge < -0.3 is 4.74 Å². The van der Waals surface area contributed by atoms with E-state index in [2.05, 4.69) is 18.1 Å². The number of aromatic nitrogens is 2. The minimum atomic E-state index is -0.0420. The lowest BCUT2D eigenvalue weighted by Crippen LogP contribution is -2.13. The van der Waals surface area contributed by atoms with E-state index in [1.807, 2.05) is 26.0 Å². The summed E-state index contributed by atoms with van der Waals surface area (Å²) in [6, 6.07) is 5.85. The van der Waals surface area contributed by atoms with Crippen molar-refractivity contribution in [3.05, 3.63) is 46.8 Å². The van der Waals surface area contributed by atoms with Crippen LogP contribution in [0.1, 0.15) is 40.5 Å². The van der Waals surface area contributed by atoms with Gasteiger partial charge in [0.25, 0.3) is 0 Å². The number of hydrogen-bond donors (Lipinski definition) is 0. The third-order valence-corrected chi connectivity index (χ3v) is 3.16. The van der Waals surface area contributed by atoms with Gasteiger partial charge in [-0.1, -0.05) is 24.1 Å². The normalized spacial score (nSPS) is 10.6. The van der Waals surface area contributed by atoms with Crippen molar-refractivity contribution in [1.82, 2.24) is 9.78 Å². The standard InChI is InChI=1S/C16H20N2O2/c1-5-6-18-15(14(20-4)10-17-18)16(19)13-8-11(2)7-12(3)9-13/h7-10H,5-6H2,1-4H3. The van der Waals surface area contributed by atoms with Gasteiger partial charge in [0.1, 0.15) is 0 Å². The minimum Gasteiger partial charge on any atom is -0.493 e. The fraction of sp³-hybridized carbons (Fsp3) is 0.375. The maximum Gasteiger partial charge on any atom is 0.214 e. The van der Waals surface area contributed by atoms with Crippen molar-refractivity contribution in [1.29, 1.82) is 0 Å². The molecule has 0 N–H and O–H groups in total. The van der Waals surface area contributed by atoms with Crippen molar-refractivity contribution >= 4 is 5.78 Å². The number of carbonyl (C=O) groups excluding carboxylic acids is 1. The van der Waals surface area contributed by atoms with E-state index in [0.717, 1.165) is 17.5 Å². The largest absolute Gasteiger partial charge is 0.493 e. The summed E-state index contributed by atoms with van der Waals surface area (Å²) in [5, 5.41) is 4.24. The SMILES string of the molecule is CCCn1ncc(OC)c1C(=O)c1cc(C)cc(C)c1. The van der Waals surface area contributed by atoms with Gasteiger partial charge in [-0.2, -0.15) is 5.10 Å². The van der Waals surface area contributed by atoms with Crippen LogP contribution in [0.15, 0.2) is 24.4 Å². The first-order valence-electron chi connectivity index (χ1n) is 6.79. The van der Waals surface area contributed by atoms with Gasteiger partial charge in [-0.25, -0.2) is 0 Å². The van der Waals surface area contributed by atoms with E-state index in [4.69, 9.17) is 4.74 Å². The molecule has 0 saturated heterocycles. The van der Waals surface area contributed by atoms with E-state index in [9.17, 15) is 4.79 Å². The molecule has 0 atom stereocenters. The van der Waals surface area contributed by atoms with Gasteiger partial charge in [-0.05, 0) is 32.4 Å². The highest BCUT2D eigenvalue weighted by molar-refractivity contribution is 6.09. The lowest BCUT2D eigenvalue weighted by Gasteiger charge is -2.09. The molecule has 1 heterocycles. The maximum absolute atomic E-state index is 12.7. The number of methoxy groups -OCH3 is 1. The number of aryl methyl sites for hydroxylation is 3. The van der Waals surface area contributed by atoms with Crippen LogP contribution >= 0.6 is 0 Å². The average Bonchev–Trinajstić information content (AvgIpc) is 2.80. The highest BCUT2D eigenvalue weighted by Gasteiger charge is 2.21. The Hall–Kier alpha value is -2.10. The Morgan fingerprint density at radius 3 is 2.45 bits per heavy atom. The molecule has 2 aromatic rings. The Labute approximate surface area is 119 Å². The van der Waals surface area contributed by atoms with Crippen LogP contribution in [0.2, 0.25) is 0 Å². The number of rotatable bonds is 5. The van der Waals surface area contributed by atoms with E-state index >= 15 is 0 Å². The first kappa shape index (κ1) is 14.3. The predicted octanol–water partition coefficient (Wildman–Crippen LogP) is 3.15. The number of benzene rings is 1. The Morgan fingerprint density at radius 2 is 1.90 bits per heavy atom. The number of ketones is 1. The third-order valence-electron chi connectivity index (χ3n) is 3.16. The van der Waals surface area contributed by atoms with Crippen LogP contribution < -0.4 is 4.74 Å². The highest BCUT2D eigenvalue weighted by Crippen LogP contribution is 2.22. The molecule has 106 valence electrons. The molecule has 4 nitrogen and oxygen atoms in total. The van der Waals surface area contributed by atoms with Gasteiger partial charge in [0, 0.05) is 12.1 Å². The maximum atomic E-state index is 12.7. The Morgan fingerprint density at radius 1 is 1.25 bits per heavy atom. The summed E-state index contributed by atoms with van der Waals surface area (Å²) in [7, 11) is 1.56. The molecule has 0 aliphatic rings. The molecule has 0 amide bonds. The fourth-order valence-electron chi connectivity index (χ4n) is 2.37. The number of ether oxygens (including phenoxy) is 1. The Bertz CT molecular complexity index is 609. The zero-order valence-electron chi connectivity index (χ0n) is 12.4. The molecule has 0 fully saturated rings. The molecule has 1 aromatic heterocycles. The van der Waals surface area contributed by atoms with Gasteiger partial charge in [0.05, 0.1) is 13.3 Å². The van der Waals surface area contributed by atoms with Crippen LogP contribution in [0.5, 0.6) is 5.75 Å². The van der Waals surface area contributed by atoms with Gasteiger partial charge in [0.2, 0.25) is 5.78 Å². The van der Waals surface area contributed by atoms with E-state index in [1.54, 1.807) is 18.0 Å². The molecular weight excluding hydrogens is 252 g/mol. The second-order valence-electron chi connectivity index (χ2n) is 4.99. The first-order chi connectivity index (χ1) is 9.56. The lowest BCUT2D eigenvalue weighted by atomic mass is 10.0. The summed E-state index contributed by atoms with van der Waals surface area (Å²) in [6.07, 6.45) is 2.52. The molecule has 0 spiro atoms. The van der Waals surface area contributed by atoms with Gasteiger partial charge in [-0.3, -0.25) is 9.48 Å². The topological polar surface area (TPSA) is 44.1 Å². The van der Waals surface area contributed by atoms with E-state index in [0.29, 0.717) is 23.6 Å². The van der Waals surface area contributed by atoms with Crippen LogP contribution in [0.4, 0.5) is 0 Å². The van der Waals surface area contributed by atoms with Crippen molar-refractivity contribution < 1.29 is 9.53 Å². The Kier molecular flexibility index (Phi) is 4.23. The molecule has 2 rings (SSSR count). The second kappa shape index (κ2) is 5.90. The zero-order chi connectivity index (χ0) is 14.7. The van der Waals surface area contributed by atoms with Crippen LogP contribution in [0.25, 0.3) is 0 Å². The van der Waals surface area contributed by atoms with Crippen molar-refractivity contribution in [3.8, 4) is 5.75 Å². The molecular formula is C16H20N2O2. The summed E-state index contributed by atoms with van der Waals surface area (Å²) in [5.41, 5.74) is 3.36. The second-order valence-corrected chi connectivity index (χ2v) is 4.99. The lowest BCUT2D eigenvalue weighted by molar-refractivity contribution is 0.102. The zero-order valence-corrected chi connectivity index (χ0v) is 12.4. The molecule has 0 aliphatic carbocycles. The summed E-state index contributed by atoms with van der Waals surface area (Å²) >= 11 is 0. The van der Waals surface area contributed by atoms with E-state index in [1.165, 1.54) is 0 Å². The predicted molar refractivity (Wildman–Crippen MR) is 78.4 cm³/mol. The van der Waals surface area contributed by atoms with E-state index in [-0.39, 0.29) is 5.78 Å². The molecule has 0 bridgehead atoms. The van der Waals surface area contributed by atoms with Crippen molar-refractivity contribution in [2.45, 2.75) is 33.7 Å². The number of hydrogen-bond acceptors (Lipinski definition) is 3. The van der Waals surface area contributed by atoms with Crippen molar-refractivity contribution in [2.75, 3.05) is 7.11 Å². The van der Waals surface area contributed by atoms with Gasteiger partial charge in [-0.15, -0.1) is 0 Å². The molecule has 20 heavy (non-hydrogen) atoms. The van der Waals surface area contributed by atoms with Gasteiger partial charge in [0.15, 0.2) is 11.4 Å². The molecule has 1 aromatic carbocycles. The molecule has 0 unspecified atom stereocenters. The van der Waals surface area contributed by atoms with Gasteiger partial charge >= 0.3 is 0 Å². The number of nitrogens with zero attached hydrogens (tertiary/aromatic N) is 2. The van der Waals surface area contributed by atoms with Crippen molar-refractivity contribution in [2.24, 2.45) is 0 Å².